The topological polar surface area (TPSA) is 119 Å². The molecule has 8 nitrogen and oxygen atoms in total. The Bertz CT molecular complexity index is 770. The van der Waals surface area contributed by atoms with E-state index in [2.05, 4.69) is 42.6 Å². The van der Waals surface area contributed by atoms with Crippen LogP contribution in [0.2, 0.25) is 0 Å². The summed E-state index contributed by atoms with van der Waals surface area (Å²) in [6, 6.07) is -0.339. The van der Waals surface area contributed by atoms with Crippen molar-refractivity contribution in [3.63, 3.8) is 0 Å². The monoisotopic (exact) mass is 329 g/mol. The Balaban J connectivity index is 1.93. The van der Waals surface area contributed by atoms with Crippen molar-refractivity contribution in [2.45, 2.75) is 13.8 Å². The largest absolute Gasteiger partial charge is 0.368 e. The van der Waals surface area contributed by atoms with Gasteiger partial charge in [-0.25, -0.2) is 14.8 Å². The molecule has 0 spiro atoms. The van der Waals surface area contributed by atoms with Crippen molar-refractivity contribution in [1.29, 1.82) is 0 Å². The number of hydrogen-bond donors (Lipinski definition) is 3. The lowest BCUT2D eigenvalue weighted by Crippen LogP contribution is -2.29. The molecule has 0 bridgehead atoms. The summed E-state index contributed by atoms with van der Waals surface area (Å²) in [4.78, 5) is 19.4. The quantitative estimate of drug-likeness (QED) is 0.578. The van der Waals surface area contributed by atoms with Gasteiger partial charge in [-0.2, -0.15) is 0 Å². The zero-order valence-electron chi connectivity index (χ0n) is 12.6. The fourth-order valence-electron chi connectivity index (χ4n) is 1.32. The van der Waals surface area contributed by atoms with E-state index in [1.165, 1.54) is 23.7 Å². The Morgan fingerprint density at radius 3 is 2.78 bits per heavy atom. The van der Waals surface area contributed by atoms with Crippen molar-refractivity contribution < 1.29 is 4.79 Å². The molecule has 2 amide bonds. The van der Waals surface area contributed by atoms with Crippen LogP contribution in [0.5, 0.6) is 0 Å². The number of hydrogen-bond acceptors (Lipinski definition) is 7. The standard InChI is InChI=1S/C14H15N7OS/c1-3-9(2)6-18-13(22)19-14-21-20-11(23-14)5-4-10-7-16-12(15)17-8-10/h3,7-8H,6H2,1-2H3,(H2,15,16,17)(H2,18,19,21,22)/b9-3+. The number of aromatic nitrogens is 4. The molecule has 2 aromatic heterocycles. The van der Waals surface area contributed by atoms with Gasteiger partial charge in [0.05, 0.1) is 5.56 Å². The fraction of sp³-hybridized carbons (Fsp3) is 0.214. The average molecular weight is 329 g/mol. The summed E-state index contributed by atoms with van der Waals surface area (Å²) < 4.78 is 0. The number of anilines is 2. The van der Waals surface area contributed by atoms with Crippen LogP contribution in [0.1, 0.15) is 24.4 Å². The molecular weight excluding hydrogens is 314 g/mol. The maximum absolute atomic E-state index is 11.7. The molecule has 0 unspecified atom stereocenters. The smallest absolute Gasteiger partial charge is 0.321 e. The highest BCUT2D eigenvalue weighted by atomic mass is 32.1. The van der Waals surface area contributed by atoms with Crippen molar-refractivity contribution in [3.05, 3.63) is 34.6 Å². The third kappa shape index (κ3) is 5.37. The normalized spacial score (nSPS) is 10.6. The Morgan fingerprint density at radius 2 is 2.09 bits per heavy atom. The molecule has 2 rings (SSSR count). The minimum absolute atomic E-state index is 0.192. The van der Waals surface area contributed by atoms with E-state index in [1.807, 2.05) is 19.9 Å². The Hall–Kier alpha value is -2.99. The van der Waals surface area contributed by atoms with E-state index in [-0.39, 0.29) is 12.0 Å². The molecule has 0 saturated carbocycles. The van der Waals surface area contributed by atoms with Crippen LogP contribution >= 0.6 is 11.3 Å². The van der Waals surface area contributed by atoms with E-state index in [1.54, 1.807) is 0 Å². The third-order valence-corrected chi connectivity index (χ3v) is 3.41. The van der Waals surface area contributed by atoms with Gasteiger partial charge >= 0.3 is 6.03 Å². The average Bonchev–Trinajstić information content (AvgIpc) is 2.99. The predicted molar refractivity (Wildman–Crippen MR) is 88.8 cm³/mol. The van der Waals surface area contributed by atoms with Gasteiger partial charge < -0.3 is 11.1 Å². The van der Waals surface area contributed by atoms with Gasteiger partial charge in [-0.3, -0.25) is 5.32 Å². The highest BCUT2D eigenvalue weighted by Crippen LogP contribution is 2.13. The van der Waals surface area contributed by atoms with E-state index in [0.717, 1.165) is 5.57 Å². The molecule has 0 atom stereocenters. The molecule has 0 saturated heterocycles. The van der Waals surface area contributed by atoms with Crippen LogP contribution < -0.4 is 16.4 Å². The van der Waals surface area contributed by atoms with Crippen LogP contribution in [0.25, 0.3) is 0 Å². The number of amides is 2. The van der Waals surface area contributed by atoms with Gasteiger partial charge in [0, 0.05) is 18.9 Å². The Kier molecular flexibility index (Phi) is 5.60. The van der Waals surface area contributed by atoms with Gasteiger partial charge in [0.2, 0.25) is 11.1 Å². The zero-order chi connectivity index (χ0) is 16.7. The highest BCUT2D eigenvalue weighted by molar-refractivity contribution is 7.15. The van der Waals surface area contributed by atoms with E-state index in [4.69, 9.17) is 5.73 Å². The lowest BCUT2D eigenvalue weighted by atomic mass is 10.3. The molecule has 0 aromatic carbocycles. The first-order valence-electron chi connectivity index (χ1n) is 6.66. The molecule has 2 heterocycles. The summed E-state index contributed by atoms with van der Waals surface area (Å²) in [6.07, 6.45) is 4.97. The number of nitrogen functional groups attached to an aromatic ring is 1. The van der Waals surface area contributed by atoms with Crippen LogP contribution in [-0.4, -0.2) is 32.7 Å². The minimum Gasteiger partial charge on any atom is -0.368 e. The molecule has 2 aromatic rings. The van der Waals surface area contributed by atoms with Crippen molar-refractivity contribution in [2.24, 2.45) is 0 Å². The SMILES string of the molecule is C/C=C(\C)CNC(=O)Nc1nnc(C#Cc2cnc(N)nc2)s1. The van der Waals surface area contributed by atoms with E-state index in [9.17, 15) is 4.79 Å². The summed E-state index contributed by atoms with van der Waals surface area (Å²) in [5.41, 5.74) is 7.07. The lowest BCUT2D eigenvalue weighted by Gasteiger charge is -2.04. The van der Waals surface area contributed by atoms with Crippen LogP contribution in [0.4, 0.5) is 15.9 Å². The van der Waals surface area contributed by atoms with Gasteiger partial charge in [-0.15, -0.1) is 10.2 Å². The minimum atomic E-state index is -0.339. The summed E-state index contributed by atoms with van der Waals surface area (Å²) in [5, 5.41) is 13.9. The number of allylic oxidation sites excluding steroid dienone is 1. The van der Waals surface area contributed by atoms with Gasteiger partial charge in [-0.05, 0) is 19.8 Å². The number of carbonyl (C=O) groups is 1. The molecule has 0 radical (unpaired) electrons. The van der Waals surface area contributed by atoms with Gasteiger partial charge in [0.1, 0.15) is 0 Å². The Labute approximate surface area is 137 Å². The maximum atomic E-state index is 11.7. The van der Waals surface area contributed by atoms with Gasteiger partial charge in [0.15, 0.2) is 5.01 Å². The maximum Gasteiger partial charge on any atom is 0.321 e. The number of rotatable bonds is 3. The van der Waals surface area contributed by atoms with E-state index in [0.29, 0.717) is 22.2 Å². The molecule has 118 valence electrons. The number of carbonyl (C=O) groups excluding carboxylic acids is 1. The Morgan fingerprint density at radius 1 is 1.35 bits per heavy atom. The first-order valence-corrected chi connectivity index (χ1v) is 7.48. The molecule has 9 heteroatoms. The molecule has 0 aliphatic heterocycles. The van der Waals surface area contributed by atoms with Crippen LogP contribution in [0.3, 0.4) is 0 Å². The molecular formula is C14H15N7OS. The van der Waals surface area contributed by atoms with Crippen molar-refractivity contribution in [1.82, 2.24) is 25.5 Å². The molecule has 0 aliphatic rings. The third-order valence-electron chi connectivity index (χ3n) is 2.65. The first kappa shape index (κ1) is 16.4. The van der Waals surface area contributed by atoms with Crippen LogP contribution in [0, 0.1) is 11.8 Å². The summed E-state index contributed by atoms with van der Waals surface area (Å²) >= 11 is 1.18. The second kappa shape index (κ2) is 7.86. The van der Waals surface area contributed by atoms with Gasteiger partial charge in [0.25, 0.3) is 0 Å². The molecule has 23 heavy (non-hydrogen) atoms. The van der Waals surface area contributed by atoms with Crippen molar-refractivity contribution in [2.75, 3.05) is 17.6 Å². The predicted octanol–water partition coefficient (Wildman–Crippen LogP) is 1.40. The fourth-order valence-corrected chi connectivity index (χ4v) is 1.91. The zero-order valence-corrected chi connectivity index (χ0v) is 13.4. The summed E-state index contributed by atoms with van der Waals surface area (Å²) in [7, 11) is 0. The number of nitrogens with one attached hydrogen (secondary N) is 2. The van der Waals surface area contributed by atoms with E-state index < -0.39 is 0 Å². The lowest BCUT2D eigenvalue weighted by molar-refractivity contribution is 0.253. The molecule has 4 N–H and O–H groups in total. The number of nitrogens with two attached hydrogens (primary N) is 1. The van der Waals surface area contributed by atoms with Crippen molar-refractivity contribution >= 4 is 28.4 Å². The van der Waals surface area contributed by atoms with Crippen molar-refractivity contribution in [3.8, 4) is 11.8 Å². The second-order valence-electron chi connectivity index (χ2n) is 4.44. The second-order valence-corrected chi connectivity index (χ2v) is 5.41. The van der Waals surface area contributed by atoms with Gasteiger partial charge in [-0.1, -0.05) is 28.9 Å². The number of urea groups is 1. The van der Waals surface area contributed by atoms with E-state index >= 15 is 0 Å². The molecule has 0 fully saturated rings. The highest BCUT2D eigenvalue weighted by Gasteiger charge is 2.06. The van der Waals surface area contributed by atoms with Crippen LogP contribution in [-0.2, 0) is 0 Å². The molecule has 0 aliphatic carbocycles. The number of nitrogens with zero attached hydrogens (tertiary/aromatic N) is 4. The summed E-state index contributed by atoms with van der Waals surface area (Å²) in [6.45, 7) is 4.32. The van der Waals surface area contributed by atoms with Crippen LogP contribution in [0.15, 0.2) is 24.0 Å². The first-order chi connectivity index (χ1) is 11.1. The summed E-state index contributed by atoms with van der Waals surface area (Å²) in [5.74, 6) is 5.86.